The molecule has 0 atom stereocenters. The molecule has 1 aromatic heterocycles. The van der Waals surface area contributed by atoms with Crippen LogP contribution in [-0.2, 0) is 0 Å². The van der Waals surface area contributed by atoms with Gasteiger partial charge in [0.05, 0.1) is 0 Å². The van der Waals surface area contributed by atoms with Crippen molar-refractivity contribution in [3.8, 4) is 0 Å². The maximum Gasteiger partial charge on any atom is 0.323 e. The summed E-state index contributed by atoms with van der Waals surface area (Å²) in [7, 11) is 0. The Labute approximate surface area is 109 Å². The Kier molecular flexibility index (Phi) is 4.89. The van der Waals surface area contributed by atoms with Crippen LogP contribution in [0.15, 0.2) is 24.3 Å². The van der Waals surface area contributed by atoms with E-state index in [1.54, 1.807) is 4.90 Å². The zero-order chi connectivity index (χ0) is 13.7. The second kappa shape index (κ2) is 6.19. The molecule has 0 spiro atoms. The average Bonchev–Trinajstić information content (AvgIpc) is 2.23. The molecule has 0 aliphatic carbocycles. The number of carbonyl (C=O) groups is 1. The molecule has 4 nitrogen and oxygen atoms in total. The van der Waals surface area contributed by atoms with Gasteiger partial charge in [0.2, 0.25) is 0 Å². The Morgan fingerprint density at radius 2 is 2.11 bits per heavy atom. The number of hydrogen-bond donors (Lipinski definition) is 1. The highest BCUT2D eigenvalue weighted by Crippen LogP contribution is 2.10. The van der Waals surface area contributed by atoms with Crippen LogP contribution in [-0.4, -0.2) is 29.0 Å². The van der Waals surface area contributed by atoms with Gasteiger partial charge in [-0.25, -0.2) is 9.78 Å². The number of anilines is 1. The van der Waals surface area contributed by atoms with Crippen molar-refractivity contribution in [2.45, 2.75) is 27.7 Å². The second-order valence-electron chi connectivity index (χ2n) is 4.57. The summed E-state index contributed by atoms with van der Waals surface area (Å²) in [4.78, 5) is 18.0. The van der Waals surface area contributed by atoms with Crippen molar-refractivity contribution < 1.29 is 4.79 Å². The normalized spacial score (nSPS) is 10.0. The van der Waals surface area contributed by atoms with E-state index < -0.39 is 0 Å². The SMILES string of the molecule is C=C(C)CN(CC)C(=O)Nc1cc(C)cc(C)n1. The fourth-order valence-electron chi connectivity index (χ4n) is 1.75. The zero-order valence-electron chi connectivity index (χ0n) is 11.6. The summed E-state index contributed by atoms with van der Waals surface area (Å²) < 4.78 is 0. The monoisotopic (exact) mass is 247 g/mol. The van der Waals surface area contributed by atoms with Crippen LogP contribution in [0.25, 0.3) is 0 Å². The van der Waals surface area contributed by atoms with Gasteiger partial charge in [0.25, 0.3) is 0 Å². The lowest BCUT2D eigenvalue weighted by Gasteiger charge is -2.21. The largest absolute Gasteiger partial charge is 0.323 e. The first-order chi connectivity index (χ1) is 8.42. The lowest BCUT2D eigenvalue weighted by atomic mass is 10.2. The molecule has 4 heteroatoms. The van der Waals surface area contributed by atoms with E-state index in [0.29, 0.717) is 18.9 Å². The third kappa shape index (κ3) is 4.20. The topological polar surface area (TPSA) is 45.2 Å². The van der Waals surface area contributed by atoms with Gasteiger partial charge in [0.15, 0.2) is 0 Å². The van der Waals surface area contributed by atoms with Gasteiger partial charge in [-0.1, -0.05) is 12.2 Å². The molecule has 0 saturated heterocycles. The summed E-state index contributed by atoms with van der Waals surface area (Å²) in [5.41, 5.74) is 2.94. The lowest BCUT2D eigenvalue weighted by molar-refractivity contribution is 0.218. The molecular formula is C14H21N3O. The number of hydrogen-bond acceptors (Lipinski definition) is 2. The van der Waals surface area contributed by atoms with Crippen molar-refractivity contribution in [3.05, 3.63) is 35.5 Å². The number of amides is 2. The summed E-state index contributed by atoms with van der Waals surface area (Å²) >= 11 is 0. The van der Waals surface area contributed by atoms with Crippen LogP contribution in [0.3, 0.4) is 0 Å². The molecule has 1 aromatic rings. The van der Waals surface area contributed by atoms with Gasteiger partial charge in [-0.2, -0.15) is 0 Å². The zero-order valence-corrected chi connectivity index (χ0v) is 11.6. The first-order valence-electron chi connectivity index (χ1n) is 6.08. The molecule has 0 radical (unpaired) electrons. The predicted octanol–water partition coefficient (Wildman–Crippen LogP) is 3.13. The van der Waals surface area contributed by atoms with E-state index >= 15 is 0 Å². The first kappa shape index (κ1) is 14.2. The van der Waals surface area contributed by atoms with Crippen LogP contribution in [0.4, 0.5) is 10.6 Å². The molecule has 98 valence electrons. The molecule has 0 aliphatic heterocycles. The highest BCUT2D eigenvalue weighted by atomic mass is 16.2. The Bertz CT molecular complexity index is 434. The molecule has 0 unspecified atom stereocenters. The van der Waals surface area contributed by atoms with Gasteiger partial charge in [-0.3, -0.25) is 5.32 Å². The summed E-state index contributed by atoms with van der Waals surface area (Å²) in [6.07, 6.45) is 0. The molecule has 2 amide bonds. The Balaban J connectivity index is 2.76. The van der Waals surface area contributed by atoms with Crippen molar-refractivity contribution in [2.24, 2.45) is 0 Å². The number of likely N-dealkylation sites (N-methyl/N-ethyl adjacent to an activating group) is 1. The molecule has 18 heavy (non-hydrogen) atoms. The smallest absolute Gasteiger partial charge is 0.321 e. The number of nitrogens with one attached hydrogen (secondary N) is 1. The fourth-order valence-corrected chi connectivity index (χ4v) is 1.75. The van der Waals surface area contributed by atoms with Gasteiger partial charge >= 0.3 is 6.03 Å². The third-order valence-electron chi connectivity index (χ3n) is 2.46. The van der Waals surface area contributed by atoms with Crippen LogP contribution >= 0.6 is 0 Å². The predicted molar refractivity (Wildman–Crippen MR) is 74.8 cm³/mol. The number of aryl methyl sites for hydroxylation is 2. The molecular weight excluding hydrogens is 226 g/mol. The van der Waals surface area contributed by atoms with E-state index in [2.05, 4.69) is 16.9 Å². The Hall–Kier alpha value is -1.84. The molecule has 0 fully saturated rings. The van der Waals surface area contributed by atoms with E-state index in [-0.39, 0.29) is 6.03 Å². The number of carbonyl (C=O) groups excluding carboxylic acids is 1. The standard InChI is InChI=1S/C14H21N3O/c1-6-17(9-10(2)3)14(18)16-13-8-11(4)7-12(5)15-13/h7-8H,2,6,9H2,1,3-5H3,(H,15,16,18). The van der Waals surface area contributed by atoms with E-state index in [1.807, 2.05) is 39.8 Å². The van der Waals surface area contributed by atoms with E-state index in [4.69, 9.17) is 0 Å². The van der Waals surface area contributed by atoms with Gasteiger partial charge in [-0.05, 0) is 45.4 Å². The minimum atomic E-state index is -0.141. The molecule has 0 aliphatic rings. The highest BCUT2D eigenvalue weighted by Gasteiger charge is 2.12. The molecule has 0 bridgehead atoms. The van der Waals surface area contributed by atoms with Crippen molar-refractivity contribution >= 4 is 11.8 Å². The van der Waals surface area contributed by atoms with E-state index in [0.717, 1.165) is 16.8 Å². The summed E-state index contributed by atoms with van der Waals surface area (Å²) in [6.45, 7) is 12.8. The Morgan fingerprint density at radius 3 is 2.61 bits per heavy atom. The fraction of sp³-hybridized carbons (Fsp3) is 0.429. The van der Waals surface area contributed by atoms with Crippen LogP contribution in [0, 0.1) is 13.8 Å². The summed E-state index contributed by atoms with van der Waals surface area (Å²) in [5.74, 6) is 0.595. The van der Waals surface area contributed by atoms with Gasteiger partial charge in [-0.15, -0.1) is 0 Å². The number of rotatable bonds is 4. The van der Waals surface area contributed by atoms with Gasteiger partial charge < -0.3 is 4.90 Å². The van der Waals surface area contributed by atoms with Crippen molar-refractivity contribution in [1.29, 1.82) is 0 Å². The van der Waals surface area contributed by atoms with E-state index in [9.17, 15) is 4.79 Å². The van der Waals surface area contributed by atoms with Gasteiger partial charge in [0, 0.05) is 18.8 Å². The van der Waals surface area contributed by atoms with Crippen molar-refractivity contribution in [1.82, 2.24) is 9.88 Å². The average molecular weight is 247 g/mol. The number of nitrogens with zero attached hydrogens (tertiary/aromatic N) is 2. The van der Waals surface area contributed by atoms with Crippen LogP contribution < -0.4 is 5.32 Å². The van der Waals surface area contributed by atoms with Crippen molar-refractivity contribution in [3.63, 3.8) is 0 Å². The van der Waals surface area contributed by atoms with Crippen LogP contribution in [0.5, 0.6) is 0 Å². The number of urea groups is 1. The second-order valence-corrected chi connectivity index (χ2v) is 4.57. The molecule has 0 aromatic carbocycles. The molecule has 1 heterocycles. The minimum Gasteiger partial charge on any atom is -0.321 e. The summed E-state index contributed by atoms with van der Waals surface area (Å²) in [5, 5.41) is 2.81. The number of pyridine rings is 1. The number of aromatic nitrogens is 1. The summed E-state index contributed by atoms with van der Waals surface area (Å²) in [6, 6.07) is 3.69. The molecule has 1 N–H and O–H groups in total. The van der Waals surface area contributed by atoms with E-state index in [1.165, 1.54) is 0 Å². The maximum atomic E-state index is 12.0. The van der Waals surface area contributed by atoms with Crippen LogP contribution in [0.2, 0.25) is 0 Å². The Morgan fingerprint density at radius 1 is 1.44 bits per heavy atom. The highest BCUT2D eigenvalue weighted by molar-refractivity contribution is 5.88. The third-order valence-corrected chi connectivity index (χ3v) is 2.46. The molecule has 0 saturated carbocycles. The quantitative estimate of drug-likeness (QED) is 0.831. The maximum absolute atomic E-state index is 12.0. The molecule has 1 rings (SSSR count). The van der Waals surface area contributed by atoms with Gasteiger partial charge in [0.1, 0.15) is 5.82 Å². The lowest BCUT2D eigenvalue weighted by Crippen LogP contribution is -2.36. The minimum absolute atomic E-state index is 0.141. The first-order valence-corrected chi connectivity index (χ1v) is 6.08. The van der Waals surface area contributed by atoms with Crippen molar-refractivity contribution in [2.75, 3.05) is 18.4 Å². The van der Waals surface area contributed by atoms with Crippen LogP contribution in [0.1, 0.15) is 25.1 Å².